The minimum atomic E-state index is -1.17. The van der Waals surface area contributed by atoms with E-state index in [1.807, 2.05) is 0 Å². The maximum Gasteiger partial charge on any atom is 0.339 e. The number of ether oxygens (including phenoxy) is 1. The molecule has 0 spiro atoms. The van der Waals surface area contributed by atoms with Gasteiger partial charge in [0.1, 0.15) is 22.1 Å². The van der Waals surface area contributed by atoms with Crippen LogP contribution in [0.3, 0.4) is 0 Å². The summed E-state index contributed by atoms with van der Waals surface area (Å²) in [6.07, 6.45) is 0. The van der Waals surface area contributed by atoms with E-state index in [0.717, 1.165) is 18.5 Å². The Morgan fingerprint density at radius 1 is 1.10 bits per heavy atom. The van der Waals surface area contributed by atoms with E-state index in [4.69, 9.17) is 4.74 Å². The Hall–Kier alpha value is -1.000. The molecule has 0 fully saturated rings. The summed E-state index contributed by atoms with van der Waals surface area (Å²) in [5.41, 5.74) is 1.41. The zero-order chi connectivity index (χ0) is 21.3. The van der Waals surface area contributed by atoms with Gasteiger partial charge in [0.25, 0.3) is 5.91 Å². The topological polar surface area (TPSA) is 75.6 Å². The fourth-order valence-corrected chi connectivity index (χ4v) is 6.32. The third-order valence-corrected chi connectivity index (χ3v) is 8.89. The monoisotopic (exact) mass is 749 g/mol. The molecule has 5 nitrogen and oxygen atoms in total. The van der Waals surface area contributed by atoms with E-state index in [2.05, 4.69) is 73.1 Å². The molecule has 150 valence electrons. The molecule has 2 aromatic carbocycles. The number of anilines is 1. The van der Waals surface area contributed by atoms with Crippen LogP contribution in [0.25, 0.3) is 11.1 Å². The molecule has 0 radical (unpaired) electrons. The molecule has 3 rings (SSSR count). The average Bonchev–Trinajstić information content (AvgIpc) is 3.09. The number of rotatable bonds is 5. The zero-order valence-electron chi connectivity index (χ0n) is 14.6. The second-order valence-electron chi connectivity index (χ2n) is 5.68. The number of carbonyl (C=O) groups excluding carboxylic acids is 1. The Morgan fingerprint density at radius 3 is 2.34 bits per heavy atom. The van der Waals surface area contributed by atoms with E-state index in [-0.39, 0.29) is 10.6 Å². The Morgan fingerprint density at radius 2 is 1.76 bits per heavy atom. The standard InChI is InChI=1S/C19H11FI3NO4S/c1-28-12-6-11(21)14(16(23)15(12)22)17(25)24-18-13(19(26)27)10(7-29-18)8-2-4-9(20)5-3-8/h2-7H,1H3,(H,24,25)(H,26,27). The van der Waals surface area contributed by atoms with E-state index in [0.29, 0.717) is 26.0 Å². The number of benzene rings is 2. The van der Waals surface area contributed by atoms with Crippen LogP contribution in [0.15, 0.2) is 35.7 Å². The largest absolute Gasteiger partial charge is 0.496 e. The number of hydrogen-bond acceptors (Lipinski definition) is 4. The maximum atomic E-state index is 13.2. The van der Waals surface area contributed by atoms with Gasteiger partial charge in [-0.2, -0.15) is 0 Å². The molecule has 0 bridgehead atoms. The molecule has 29 heavy (non-hydrogen) atoms. The van der Waals surface area contributed by atoms with Crippen LogP contribution < -0.4 is 10.1 Å². The van der Waals surface area contributed by atoms with Gasteiger partial charge in [-0.05, 0) is 91.5 Å². The molecule has 10 heteroatoms. The zero-order valence-corrected chi connectivity index (χ0v) is 21.8. The first-order valence-corrected chi connectivity index (χ1v) is 12.0. The first-order valence-electron chi connectivity index (χ1n) is 7.88. The lowest BCUT2D eigenvalue weighted by molar-refractivity contribution is 0.0699. The molecule has 1 amide bonds. The third-order valence-electron chi connectivity index (χ3n) is 3.96. The van der Waals surface area contributed by atoms with Crippen LogP contribution in [0.5, 0.6) is 5.75 Å². The lowest BCUT2D eigenvalue weighted by Crippen LogP contribution is -2.17. The van der Waals surface area contributed by atoms with Crippen LogP contribution in [0.1, 0.15) is 20.7 Å². The van der Waals surface area contributed by atoms with Gasteiger partial charge in [-0.1, -0.05) is 12.1 Å². The van der Waals surface area contributed by atoms with Crippen molar-refractivity contribution in [2.45, 2.75) is 0 Å². The van der Waals surface area contributed by atoms with Crippen LogP contribution in [-0.2, 0) is 0 Å². The maximum absolute atomic E-state index is 13.2. The Bertz CT molecular complexity index is 1120. The Labute approximate surface area is 210 Å². The van der Waals surface area contributed by atoms with Crippen molar-refractivity contribution in [3.63, 3.8) is 0 Å². The van der Waals surface area contributed by atoms with E-state index in [1.165, 1.54) is 24.3 Å². The summed E-state index contributed by atoms with van der Waals surface area (Å²) in [5.74, 6) is -1.33. The van der Waals surface area contributed by atoms with Gasteiger partial charge in [-0.3, -0.25) is 4.79 Å². The van der Waals surface area contributed by atoms with E-state index < -0.39 is 17.7 Å². The molecule has 0 saturated carbocycles. The highest BCUT2D eigenvalue weighted by molar-refractivity contribution is 14.1. The van der Waals surface area contributed by atoms with Crippen LogP contribution in [0, 0.1) is 16.5 Å². The van der Waals surface area contributed by atoms with Crippen molar-refractivity contribution in [2.24, 2.45) is 0 Å². The van der Waals surface area contributed by atoms with Crippen molar-refractivity contribution in [1.29, 1.82) is 0 Å². The Balaban J connectivity index is 2.01. The molecule has 0 aliphatic heterocycles. The molecule has 0 aliphatic rings. The minimum absolute atomic E-state index is 0.0248. The van der Waals surface area contributed by atoms with Crippen LogP contribution >= 0.6 is 79.1 Å². The van der Waals surface area contributed by atoms with Crippen molar-refractivity contribution in [2.75, 3.05) is 12.4 Å². The molecular formula is C19H11FI3NO4S. The third kappa shape index (κ3) is 4.69. The van der Waals surface area contributed by atoms with Gasteiger partial charge in [0.05, 0.1) is 16.2 Å². The highest BCUT2D eigenvalue weighted by Gasteiger charge is 2.25. The summed E-state index contributed by atoms with van der Waals surface area (Å²) >= 11 is 7.34. The van der Waals surface area contributed by atoms with Crippen LogP contribution in [0.2, 0.25) is 0 Å². The van der Waals surface area contributed by atoms with Gasteiger partial charge in [-0.15, -0.1) is 11.3 Å². The number of thiophene rings is 1. The number of methoxy groups -OCH3 is 1. The van der Waals surface area contributed by atoms with Crippen molar-refractivity contribution < 1.29 is 23.8 Å². The summed E-state index contributed by atoms with van der Waals surface area (Å²) in [7, 11) is 1.56. The molecule has 2 N–H and O–H groups in total. The lowest BCUT2D eigenvalue weighted by atomic mass is 10.0. The van der Waals surface area contributed by atoms with Crippen LogP contribution in [0.4, 0.5) is 9.39 Å². The number of aromatic carboxylic acids is 1. The van der Waals surface area contributed by atoms with Gasteiger partial charge in [0.2, 0.25) is 0 Å². The molecule has 0 saturated heterocycles. The van der Waals surface area contributed by atoms with Gasteiger partial charge >= 0.3 is 5.97 Å². The number of nitrogens with one attached hydrogen (secondary N) is 1. The quantitative estimate of drug-likeness (QED) is 0.237. The summed E-state index contributed by atoms with van der Waals surface area (Å²) in [6.45, 7) is 0. The highest BCUT2D eigenvalue weighted by Crippen LogP contribution is 2.37. The summed E-state index contributed by atoms with van der Waals surface area (Å²) in [6, 6.07) is 7.30. The fraction of sp³-hybridized carbons (Fsp3) is 0.0526. The second kappa shape index (κ2) is 9.43. The SMILES string of the molecule is COc1cc(I)c(C(=O)Nc2scc(-c3ccc(F)cc3)c2C(=O)O)c(I)c1I. The van der Waals surface area contributed by atoms with E-state index >= 15 is 0 Å². The number of carbonyl (C=O) groups is 2. The predicted octanol–water partition coefficient (Wildman–Crippen LogP) is 6.33. The van der Waals surface area contributed by atoms with E-state index in [9.17, 15) is 19.1 Å². The number of halogens is 4. The molecule has 1 aromatic heterocycles. The number of carboxylic acids is 1. The summed E-state index contributed by atoms with van der Waals surface area (Å²) in [4.78, 5) is 24.9. The molecular weight excluding hydrogens is 738 g/mol. The van der Waals surface area contributed by atoms with Gasteiger partial charge in [0.15, 0.2) is 0 Å². The second-order valence-corrected chi connectivity index (χ2v) is 9.88. The number of carboxylic acid groups (broad SMARTS) is 1. The van der Waals surface area contributed by atoms with Crippen molar-refractivity contribution >= 4 is 96.0 Å². The summed E-state index contributed by atoms with van der Waals surface area (Å²) in [5, 5.41) is 14.3. The van der Waals surface area contributed by atoms with Crippen LogP contribution in [-0.4, -0.2) is 24.1 Å². The lowest BCUT2D eigenvalue weighted by Gasteiger charge is -2.13. The minimum Gasteiger partial charge on any atom is -0.496 e. The Kier molecular flexibility index (Phi) is 7.37. The molecule has 3 aromatic rings. The van der Waals surface area contributed by atoms with Crippen molar-refractivity contribution in [3.05, 3.63) is 63.4 Å². The first-order chi connectivity index (χ1) is 13.7. The molecule has 0 unspecified atom stereocenters. The van der Waals surface area contributed by atoms with Gasteiger partial charge in [0, 0.05) is 18.1 Å². The predicted molar refractivity (Wildman–Crippen MR) is 136 cm³/mol. The average molecular weight is 749 g/mol. The molecule has 0 atom stereocenters. The van der Waals surface area contributed by atoms with Gasteiger partial charge in [-0.25, -0.2) is 9.18 Å². The number of hydrogen-bond donors (Lipinski definition) is 2. The smallest absolute Gasteiger partial charge is 0.339 e. The van der Waals surface area contributed by atoms with Gasteiger partial charge < -0.3 is 15.2 Å². The van der Waals surface area contributed by atoms with Crippen molar-refractivity contribution in [1.82, 2.24) is 0 Å². The fourth-order valence-electron chi connectivity index (χ4n) is 2.60. The normalized spacial score (nSPS) is 10.7. The van der Waals surface area contributed by atoms with E-state index in [1.54, 1.807) is 18.6 Å². The molecule has 0 aliphatic carbocycles. The summed E-state index contributed by atoms with van der Waals surface area (Å²) < 4.78 is 20.7. The molecule has 1 heterocycles. The van der Waals surface area contributed by atoms with Crippen molar-refractivity contribution in [3.8, 4) is 16.9 Å². The highest BCUT2D eigenvalue weighted by atomic mass is 127. The first kappa shape index (κ1) is 22.7. The number of amides is 1.